The van der Waals surface area contributed by atoms with Crippen molar-refractivity contribution in [2.75, 3.05) is 12.4 Å². The van der Waals surface area contributed by atoms with E-state index < -0.39 is 0 Å². The molecule has 0 saturated heterocycles. The Morgan fingerprint density at radius 3 is 2.57 bits per heavy atom. The minimum Gasteiger partial charge on any atom is -0.373 e. The van der Waals surface area contributed by atoms with E-state index in [0.717, 1.165) is 27.1 Å². The van der Waals surface area contributed by atoms with Crippen molar-refractivity contribution >= 4 is 40.8 Å². The number of benzene rings is 1. The van der Waals surface area contributed by atoms with Crippen LogP contribution in [0.25, 0.3) is 0 Å². The first-order valence-electron chi connectivity index (χ1n) is 6.77. The Labute approximate surface area is 138 Å². The molecule has 0 radical (unpaired) electrons. The summed E-state index contributed by atoms with van der Waals surface area (Å²) in [7, 11) is 1.89. The van der Waals surface area contributed by atoms with E-state index in [1.165, 1.54) is 12.8 Å². The van der Waals surface area contributed by atoms with E-state index in [9.17, 15) is 0 Å². The summed E-state index contributed by atoms with van der Waals surface area (Å²) < 4.78 is 0. The van der Waals surface area contributed by atoms with Gasteiger partial charge in [0.1, 0.15) is 16.7 Å². The van der Waals surface area contributed by atoms with E-state index >= 15 is 0 Å². The van der Waals surface area contributed by atoms with Crippen LogP contribution < -0.4 is 5.32 Å². The normalized spacial score (nSPS) is 14.3. The molecule has 0 spiro atoms. The van der Waals surface area contributed by atoms with Crippen molar-refractivity contribution in [2.45, 2.75) is 35.6 Å². The number of halogens is 2. The Hall–Kier alpha value is -0.970. The summed E-state index contributed by atoms with van der Waals surface area (Å²) in [5, 5.41) is 5.25. The van der Waals surface area contributed by atoms with Gasteiger partial charge in [0.25, 0.3) is 0 Å². The van der Waals surface area contributed by atoms with Gasteiger partial charge in [-0.1, -0.05) is 35.0 Å². The Balaban J connectivity index is 1.96. The third-order valence-electron chi connectivity index (χ3n) is 3.40. The first-order valence-corrected chi connectivity index (χ1v) is 8.35. The van der Waals surface area contributed by atoms with Crippen molar-refractivity contribution < 1.29 is 0 Å². The zero-order chi connectivity index (χ0) is 15.0. The molecule has 0 aliphatic heterocycles. The Morgan fingerprint density at radius 1 is 1.19 bits per heavy atom. The summed E-state index contributed by atoms with van der Waals surface area (Å²) >= 11 is 13.6. The number of aromatic nitrogens is 2. The SMILES string of the molecule is CNc1nc(C2CC2)nc(Sc2ccc(Cl)c(Cl)c2)c1C. The smallest absolute Gasteiger partial charge is 0.135 e. The molecule has 1 aliphatic carbocycles. The van der Waals surface area contributed by atoms with Gasteiger partial charge < -0.3 is 5.32 Å². The van der Waals surface area contributed by atoms with Crippen LogP contribution in [0, 0.1) is 6.92 Å². The summed E-state index contributed by atoms with van der Waals surface area (Å²) in [6, 6.07) is 5.63. The van der Waals surface area contributed by atoms with Gasteiger partial charge in [0.2, 0.25) is 0 Å². The van der Waals surface area contributed by atoms with Crippen LogP contribution in [-0.2, 0) is 0 Å². The second kappa shape index (κ2) is 6.03. The van der Waals surface area contributed by atoms with Gasteiger partial charge in [-0.15, -0.1) is 0 Å². The average molecular weight is 340 g/mol. The molecule has 3 rings (SSSR count). The van der Waals surface area contributed by atoms with E-state index in [2.05, 4.69) is 10.3 Å². The van der Waals surface area contributed by atoms with Gasteiger partial charge in [-0.25, -0.2) is 9.97 Å². The van der Waals surface area contributed by atoms with Crippen LogP contribution in [0.15, 0.2) is 28.1 Å². The predicted molar refractivity (Wildman–Crippen MR) is 88.9 cm³/mol. The summed E-state index contributed by atoms with van der Waals surface area (Å²) in [4.78, 5) is 10.4. The minimum absolute atomic E-state index is 0.519. The van der Waals surface area contributed by atoms with Gasteiger partial charge in [0, 0.05) is 23.4 Å². The summed E-state index contributed by atoms with van der Waals surface area (Å²) in [5.74, 6) is 2.35. The molecule has 0 amide bonds. The molecule has 21 heavy (non-hydrogen) atoms. The molecule has 0 atom stereocenters. The molecular formula is C15H15Cl2N3S. The fourth-order valence-corrected chi connectivity index (χ4v) is 3.32. The number of hydrogen-bond acceptors (Lipinski definition) is 4. The Morgan fingerprint density at radius 2 is 1.95 bits per heavy atom. The lowest BCUT2D eigenvalue weighted by Gasteiger charge is -2.12. The van der Waals surface area contributed by atoms with Crippen molar-refractivity contribution in [1.82, 2.24) is 9.97 Å². The van der Waals surface area contributed by atoms with Gasteiger partial charge in [-0.05, 0) is 38.0 Å². The van der Waals surface area contributed by atoms with Gasteiger partial charge in [0.15, 0.2) is 0 Å². The molecule has 1 aromatic carbocycles. The highest BCUT2D eigenvalue weighted by Crippen LogP contribution is 2.41. The molecule has 1 aliphatic rings. The molecule has 6 heteroatoms. The highest BCUT2D eigenvalue weighted by Gasteiger charge is 2.28. The van der Waals surface area contributed by atoms with Gasteiger partial charge in [0.05, 0.1) is 10.0 Å². The first kappa shape index (κ1) is 14.9. The monoisotopic (exact) mass is 339 g/mol. The van der Waals surface area contributed by atoms with E-state index in [1.54, 1.807) is 11.8 Å². The highest BCUT2D eigenvalue weighted by atomic mass is 35.5. The fourth-order valence-electron chi connectivity index (χ4n) is 2.03. The summed E-state index contributed by atoms with van der Waals surface area (Å²) in [5.41, 5.74) is 1.05. The van der Waals surface area contributed by atoms with E-state index in [1.807, 2.05) is 32.2 Å². The molecule has 2 aromatic rings. The maximum Gasteiger partial charge on any atom is 0.135 e. The lowest BCUT2D eigenvalue weighted by atomic mass is 10.3. The fraction of sp³-hybridized carbons (Fsp3) is 0.333. The third-order valence-corrected chi connectivity index (χ3v) is 5.22. The van der Waals surface area contributed by atoms with E-state index in [-0.39, 0.29) is 0 Å². The Kier molecular flexibility index (Phi) is 4.29. The van der Waals surface area contributed by atoms with Crippen LogP contribution in [0.1, 0.15) is 30.1 Å². The predicted octanol–water partition coefficient (Wildman–Crippen LogP) is 5.16. The molecule has 1 saturated carbocycles. The number of hydrogen-bond donors (Lipinski definition) is 1. The standard InChI is InChI=1S/C15H15Cl2N3S/c1-8-13(18-2)19-14(9-3-4-9)20-15(8)21-10-5-6-11(16)12(17)7-10/h5-7,9H,3-4H2,1-2H3,(H,18,19,20). The van der Waals surface area contributed by atoms with Crippen LogP contribution in [0.2, 0.25) is 10.0 Å². The van der Waals surface area contributed by atoms with Crippen molar-refractivity contribution in [3.05, 3.63) is 39.6 Å². The van der Waals surface area contributed by atoms with Crippen molar-refractivity contribution in [3.63, 3.8) is 0 Å². The van der Waals surface area contributed by atoms with Crippen LogP contribution in [0.5, 0.6) is 0 Å². The largest absolute Gasteiger partial charge is 0.373 e. The van der Waals surface area contributed by atoms with Crippen molar-refractivity contribution in [1.29, 1.82) is 0 Å². The van der Waals surface area contributed by atoms with Crippen LogP contribution in [0.3, 0.4) is 0 Å². The van der Waals surface area contributed by atoms with Gasteiger partial charge >= 0.3 is 0 Å². The molecule has 0 bridgehead atoms. The molecule has 1 N–H and O–H groups in total. The van der Waals surface area contributed by atoms with E-state index in [4.69, 9.17) is 28.2 Å². The molecule has 1 aromatic heterocycles. The quantitative estimate of drug-likeness (QED) is 0.780. The van der Waals surface area contributed by atoms with Crippen molar-refractivity contribution in [2.24, 2.45) is 0 Å². The van der Waals surface area contributed by atoms with E-state index in [0.29, 0.717) is 16.0 Å². The van der Waals surface area contributed by atoms with Gasteiger partial charge in [-0.3, -0.25) is 0 Å². The lowest BCUT2D eigenvalue weighted by Crippen LogP contribution is -2.04. The Bertz CT molecular complexity index is 687. The number of anilines is 1. The van der Waals surface area contributed by atoms with Crippen LogP contribution in [0.4, 0.5) is 5.82 Å². The van der Waals surface area contributed by atoms with Crippen LogP contribution >= 0.6 is 35.0 Å². The maximum absolute atomic E-state index is 6.08. The highest BCUT2D eigenvalue weighted by molar-refractivity contribution is 7.99. The summed E-state index contributed by atoms with van der Waals surface area (Å²) in [6.07, 6.45) is 2.37. The maximum atomic E-state index is 6.08. The number of nitrogens with one attached hydrogen (secondary N) is 1. The molecule has 0 unspecified atom stereocenters. The van der Waals surface area contributed by atoms with Crippen LogP contribution in [-0.4, -0.2) is 17.0 Å². The molecule has 1 fully saturated rings. The van der Waals surface area contributed by atoms with Crippen molar-refractivity contribution in [3.8, 4) is 0 Å². The summed E-state index contributed by atoms with van der Waals surface area (Å²) in [6.45, 7) is 2.03. The molecule has 1 heterocycles. The number of rotatable bonds is 4. The second-order valence-corrected chi connectivity index (χ2v) is 6.94. The number of nitrogens with zero attached hydrogens (tertiary/aromatic N) is 2. The zero-order valence-electron chi connectivity index (χ0n) is 11.8. The molecule has 3 nitrogen and oxygen atoms in total. The zero-order valence-corrected chi connectivity index (χ0v) is 14.1. The third kappa shape index (κ3) is 3.28. The molecular weight excluding hydrogens is 325 g/mol. The lowest BCUT2D eigenvalue weighted by molar-refractivity contribution is 0.865. The second-order valence-electron chi connectivity index (χ2n) is 5.06. The molecule has 110 valence electrons. The minimum atomic E-state index is 0.519. The van der Waals surface area contributed by atoms with Gasteiger partial charge in [-0.2, -0.15) is 0 Å². The topological polar surface area (TPSA) is 37.8 Å². The average Bonchev–Trinajstić information content (AvgIpc) is 3.29. The first-order chi connectivity index (χ1) is 10.1.